The fourth-order valence-electron chi connectivity index (χ4n) is 1.22. The number of aliphatic hydroxyl groups is 1. The molecule has 0 saturated heterocycles. The molecule has 1 rings (SSSR count). The summed E-state index contributed by atoms with van der Waals surface area (Å²) < 4.78 is 5.73. The first-order valence-electron chi connectivity index (χ1n) is 5.18. The molecular formula is C10H12N4O4. The smallest absolute Gasteiger partial charge is 0.397 e. The Bertz CT molecular complexity index is 489. The Hall–Kier alpha value is -2.40. The minimum absolute atomic E-state index is 0.0598. The van der Waals surface area contributed by atoms with Crippen molar-refractivity contribution in [1.29, 1.82) is 5.26 Å². The van der Waals surface area contributed by atoms with Gasteiger partial charge < -0.3 is 9.84 Å². The van der Waals surface area contributed by atoms with Crippen molar-refractivity contribution >= 4 is 17.7 Å². The third-order valence-electron chi connectivity index (χ3n) is 1.96. The molecule has 0 bridgehead atoms. The number of aromatic nitrogens is 2. The minimum Gasteiger partial charge on any atom is -0.459 e. The van der Waals surface area contributed by atoms with Crippen molar-refractivity contribution in [3.63, 3.8) is 0 Å². The zero-order valence-electron chi connectivity index (χ0n) is 9.71. The number of hydrogen-bond donors (Lipinski definition) is 2. The molecule has 8 heteroatoms. The summed E-state index contributed by atoms with van der Waals surface area (Å²) in [7, 11) is 0. The average molecular weight is 252 g/mol. The molecule has 0 spiro atoms. The molecule has 1 aromatic heterocycles. The van der Waals surface area contributed by atoms with Crippen molar-refractivity contribution in [2.24, 2.45) is 0 Å². The summed E-state index contributed by atoms with van der Waals surface area (Å²) in [4.78, 5) is 22.6. The van der Waals surface area contributed by atoms with E-state index >= 15 is 0 Å². The zero-order chi connectivity index (χ0) is 13.5. The van der Waals surface area contributed by atoms with Crippen molar-refractivity contribution in [2.45, 2.75) is 13.5 Å². The van der Waals surface area contributed by atoms with E-state index in [1.165, 1.54) is 10.9 Å². The molecule has 0 saturated carbocycles. The van der Waals surface area contributed by atoms with Crippen molar-refractivity contribution in [3.05, 3.63) is 11.8 Å². The van der Waals surface area contributed by atoms with Crippen molar-refractivity contribution in [3.8, 4) is 6.07 Å². The van der Waals surface area contributed by atoms with Gasteiger partial charge in [0.15, 0.2) is 0 Å². The lowest BCUT2D eigenvalue weighted by Gasteiger charge is -2.07. The van der Waals surface area contributed by atoms with Crippen molar-refractivity contribution in [2.75, 3.05) is 18.5 Å². The lowest BCUT2D eigenvalue weighted by atomic mass is 10.3. The van der Waals surface area contributed by atoms with Crippen molar-refractivity contribution in [1.82, 2.24) is 9.78 Å². The van der Waals surface area contributed by atoms with Crippen LogP contribution < -0.4 is 5.32 Å². The molecule has 0 radical (unpaired) electrons. The molecule has 0 fully saturated rings. The molecule has 18 heavy (non-hydrogen) atoms. The topological polar surface area (TPSA) is 117 Å². The van der Waals surface area contributed by atoms with E-state index in [1.54, 1.807) is 6.92 Å². The fraction of sp³-hybridized carbons (Fsp3) is 0.400. The molecule has 0 unspecified atom stereocenters. The lowest BCUT2D eigenvalue weighted by molar-refractivity contribution is -0.152. The van der Waals surface area contributed by atoms with Crippen LogP contribution in [0.1, 0.15) is 12.5 Å². The Labute approximate surface area is 103 Å². The average Bonchev–Trinajstić information content (AvgIpc) is 2.72. The van der Waals surface area contributed by atoms with Gasteiger partial charge in [0.1, 0.15) is 17.5 Å². The van der Waals surface area contributed by atoms with Gasteiger partial charge in [-0.3, -0.25) is 10.1 Å². The predicted molar refractivity (Wildman–Crippen MR) is 59.3 cm³/mol. The second-order valence-electron chi connectivity index (χ2n) is 3.14. The summed E-state index contributed by atoms with van der Waals surface area (Å²) in [5.74, 6) is -1.98. The van der Waals surface area contributed by atoms with E-state index in [4.69, 9.17) is 10.4 Å². The number of rotatable bonds is 4. The molecule has 0 aliphatic heterocycles. The normalized spacial score (nSPS) is 9.61. The Morgan fingerprint density at radius 3 is 2.94 bits per heavy atom. The summed E-state index contributed by atoms with van der Waals surface area (Å²) in [5.41, 5.74) is 0.0982. The van der Waals surface area contributed by atoms with E-state index in [2.05, 4.69) is 15.2 Å². The van der Waals surface area contributed by atoms with Crippen LogP contribution in [0.25, 0.3) is 0 Å². The van der Waals surface area contributed by atoms with Gasteiger partial charge in [0, 0.05) is 0 Å². The second-order valence-corrected chi connectivity index (χ2v) is 3.14. The van der Waals surface area contributed by atoms with Gasteiger partial charge in [-0.15, -0.1) is 0 Å². The molecule has 1 aromatic rings. The van der Waals surface area contributed by atoms with Crippen molar-refractivity contribution < 1.29 is 19.4 Å². The quantitative estimate of drug-likeness (QED) is 0.537. The van der Waals surface area contributed by atoms with Gasteiger partial charge in [-0.1, -0.05) is 0 Å². The van der Waals surface area contributed by atoms with Crippen LogP contribution in [-0.4, -0.2) is 40.0 Å². The number of nitrogens with one attached hydrogen (secondary N) is 1. The first-order valence-corrected chi connectivity index (χ1v) is 5.18. The van der Waals surface area contributed by atoms with Crippen LogP contribution in [0.15, 0.2) is 6.20 Å². The molecule has 0 aliphatic carbocycles. The number of nitrogens with zero attached hydrogens (tertiary/aromatic N) is 3. The Morgan fingerprint density at radius 1 is 1.67 bits per heavy atom. The summed E-state index contributed by atoms with van der Waals surface area (Å²) >= 11 is 0. The number of anilines is 1. The maximum absolute atomic E-state index is 11.4. The summed E-state index contributed by atoms with van der Waals surface area (Å²) in [5, 5.41) is 23.7. The standard InChI is InChI=1S/C10H12N4O4/c1-2-18-10(17)9(16)13-8-7(5-11)6-12-14(8)3-4-15/h6,15H,2-4H2,1H3,(H,13,16). The predicted octanol–water partition coefficient (Wildman–Crippen LogP) is -0.751. The number of amides is 1. The van der Waals surface area contributed by atoms with Crippen LogP contribution in [0.2, 0.25) is 0 Å². The third kappa shape index (κ3) is 3.05. The number of carbonyl (C=O) groups is 2. The van der Waals surface area contributed by atoms with E-state index in [9.17, 15) is 9.59 Å². The Morgan fingerprint density at radius 2 is 2.39 bits per heavy atom. The molecule has 1 amide bonds. The number of nitriles is 1. The van der Waals surface area contributed by atoms with Gasteiger partial charge in [0.05, 0.1) is 26.0 Å². The summed E-state index contributed by atoms with van der Waals surface area (Å²) in [6.07, 6.45) is 1.23. The van der Waals surface area contributed by atoms with Crippen LogP contribution in [0.4, 0.5) is 5.82 Å². The highest BCUT2D eigenvalue weighted by molar-refractivity contribution is 6.37. The largest absolute Gasteiger partial charge is 0.459 e. The Balaban J connectivity index is 2.88. The molecule has 0 atom stereocenters. The van der Waals surface area contributed by atoms with E-state index in [0.29, 0.717) is 0 Å². The van der Waals surface area contributed by atoms with Gasteiger partial charge in [0.25, 0.3) is 0 Å². The number of carbonyl (C=O) groups excluding carboxylic acids is 2. The van der Waals surface area contributed by atoms with Crippen LogP contribution in [0.3, 0.4) is 0 Å². The number of esters is 1. The van der Waals surface area contributed by atoms with Crippen LogP contribution in [0, 0.1) is 11.3 Å². The number of hydrogen-bond acceptors (Lipinski definition) is 6. The van der Waals surface area contributed by atoms with Gasteiger partial charge in [0.2, 0.25) is 0 Å². The summed E-state index contributed by atoms with van der Waals surface area (Å²) in [6.45, 7) is 1.53. The highest BCUT2D eigenvalue weighted by Gasteiger charge is 2.19. The Kier molecular flexibility index (Phi) is 4.83. The monoisotopic (exact) mass is 252 g/mol. The molecule has 8 nitrogen and oxygen atoms in total. The van der Waals surface area contributed by atoms with E-state index in [0.717, 1.165) is 0 Å². The van der Waals surface area contributed by atoms with Gasteiger partial charge in [-0.25, -0.2) is 9.48 Å². The van der Waals surface area contributed by atoms with E-state index in [-0.39, 0.29) is 31.1 Å². The van der Waals surface area contributed by atoms with Gasteiger partial charge in [-0.2, -0.15) is 10.4 Å². The maximum Gasteiger partial charge on any atom is 0.397 e. The van der Waals surface area contributed by atoms with Gasteiger partial charge in [-0.05, 0) is 6.92 Å². The minimum atomic E-state index is -1.04. The summed E-state index contributed by atoms with van der Waals surface area (Å²) in [6, 6.07) is 1.82. The lowest BCUT2D eigenvalue weighted by Crippen LogP contribution is -2.27. The van der Waals surface area contributed by atoms with Crippen LogP contribution >= 0.6 is 0 Å². The highest BCUT2D eigenvalue weighted by Crippen LogP contribution is 2.13. The van der Waals surface area contributed by atoms with Crippen LogP contribution in [0.5, 0.6) is 0 Å². The molecule has 0 aliphatic rings. The molecular weight excluding hydrogens is 240 g/mol. The van der Waals surface area contributed by atoms with Crippen LogP contribution in [-0.2, 0) is 20.9 Å². The molecule has 2 N–H and O–H groups in total. The highest BCUT2D eigenvalue weighted by atomic mass is 16.5. The third-order valence-corrected chi connectivity index (χ3v) is 1.96. The SMILES string of the molecule is CCOC(=O)C(=O)Nc1c(C#N)cnn1CCO. The number of aliphatic hydroxyl groups excluding tert-OH is 1. The first kappa shape index (κ1) is 13.7. The molecule has 0 aromatic carbocycles. The molecule has 1 heterocycles. The van der Waals surface area contributed by atoms with Gasteiger partial charge >= 0.3 is 11.9 Å². The maximum atomic E-state index is 11.4. The van der Waals surface area contributed by atoms with E-state index in [1.807, 2.05) is 6.07 Å². The van der Waals surface area contributed by atoms with E-state index < -0.39 is 11.9 Å². The fourth-order valence-corrected chi connectivity index (χ4v) is 1.22. The second kappa shape index (κ2) is 6.36. The molecule has 96 valence electrons. The zero-order valence-corrected chi connectivity index (χ0v) is 9.71. The first-order chi connectivity index (χ1) is 8.63. The number of ether oxygens (including phenoxy) is 1.